The Hall–Kier alpha value is -2.03. The Kier molecular flexibility index (Phi) is 2.54. The van der Waals surface area contributed by atoms with Crippen molar-refractivity contribution in [2.45, 2.75) is 6.42 Å². The Morgan fingerprint density at radius 3 is 2.53 bits per heavy atom. The van der Waals surface area contributed by atoms with Gasteiger partial charge in [0.1, 0.15) is 11.5 Å². The second-order valence-corrected chi connectivity index (χ2v) is 3.26. The van der Waals surface area contributed by atoms with Crippen LogP contribution in [0, 0.1) is 0 Å². The van der Waals surface area contributed by atoms with E-state index in [9.17, 15) is 9.90 Å². The lowest BCUT2D eigenvalue weighted by Crippen LogP contribution is -1.99. The van der Waals surface area contributed by atoms with E-state index in [4.69, 9.17) is 4.42 Å². The molecule has 0 atom stereocenters. The third-order valence-electron chi connectivity index (χ3n) is 2.03. The molecule has 3 nitrogen and oxygen atoms in total. The minimum Gasteiger partial charge on any atom is -0.508 e. The maximum atomic E-state index is 11.0. The van der Waals surface area contributed by atoms with Crippen LogP contribution in [-0.4, -0.2) is 5.11 Å². The topological polar surface area (TPSA) is 50.4 Å². The van der Waals surface area contributed by atoms with E-state index in [-0.39, 0.29) is 5.75 Å². The fraction of sp³-hybridized carbons (Fsp3) is 0.0833. The standard InChI is InChI=1S/C12H10O3/c13-10-7-11(15-12(14)8-10)6-9-4-2-1-3-5-9/h1-5,7-8,13H,6H2. The van der Waals surface area contributed by atoms with E-state index in [0.29, 0.717) is 12.2 Å². The summed E-state index contributed by atoms with van der Waals surface area (Å²) >= 11 is 0. The van der Waals surface area contributed by atoms with E-state index in [1.807, 2.05) is 30.3 Å². The lowest BCUT2D eigenvalue weighted by atomic mass is 10.1. The van der Waals surface area contributed by atoms with Crippen LogP contribution in [0.5, 0.6) is 5.75 Å². The molecule has 0 unspecified atom stereocenters. The van der Waals surface area contributed by atoms with Gasteiger partial charge in [-0.05, 0) is 5.56 Å². The average molecular weight is 202 g/mol. The molecule has 1 aromatic carbocycles. The van der Waals surface area contributed by atoms with E-state index in [1.54, 1.807) is 0 Å². The van der Waals surface area contributed by atoms with Gasteiger partial charge in [-0.3, -0.25) is 0 Å². The molecule has 1 N–H and O–H groups in total. The van der Waals surface area contributed by atoms with Crippen molar-refractivity contribution in [2.24, 2.45) is 0 Å². The molecule has 0 aliphatic carbocycles. The van der Waals surface area contributed by atoms with Crippen LogP contribution in [0.4, 0.5) is 0 Å². The molecule has 0 radical (unpaired) electrons. The predicted octanol–water partition coefficient (Wildman–Crippen LogP) is 1.94. The normalized spacial score (nSPS) is 10.1. The summed E-state index contributed by atoms with van der Waals surface area (Å²) in [6.07, 6.45) is 0.504. The number of rotatable bonds is 2. The van der Waals surface area contributed by atoms with Crippen molar-refractivity contribution in [1.82, 2.24) is 0 Å². The summed E-state index contributed by atoms with van der Waals surface area (Å²) in [4.78, 5) is 11.0. The van der Waals surface area contributed by atoms with Crippen molar-refractivity contribution in [2.75, 3.05) is 0 Å². The predicted molar refractivity (Wildman–Crippen MR) is 55.9 cm³/mol. The first-order chi connectivity index (χ1) is 7.24. The first kappa shape index (κ1) is 9.52. The maximum absolute atomic E-state index is 11.0. The van der Waals surface area contributed by atoms with Crippen molar-refractivity contribution in [3.05, 3.63) is 64.2 Å². The molecule has 2 rings (SSSR count). The monoisotopic (exact) mass is 202 g/mol. The van der Waals surface area contributed by atoms with Crippen LogP contribution < -0.4 is 5.63 Å². The lowest BCUT2D eigenvalue weighted by Gasteiger charge is -2.00. The molecule has 0 fully saturated rings. The fourth-order valence-electron chi connectivity index (χ4n) is 1.40. The Morgan fingerprint density at radius 1 is 1.13 bits per heavy atom. The van der Waals surface area contributed by atoms with Crippen molar-refractivity contribution in [3.8, 4) is 5.75 Å². The minimum absolute atomic E-state index is 0.0582. The van der Waals surface area contributed by atoms with Gasteiger partial charge in [0.2, 0.25) is 0 Å². The van der Waals surface area contributed by atoms with E-state index in [1.165, 1.54) is 6.07 Å². The number of hydrogen-bond acceptors (Lipinski definition) is 3. The average Bonchev–Trinajstić information content (AvgIpc) is 2.17. The van der Waals surface area contributed by atoms with Gasteiger partial charge in [0.15, 0.2) is 0 Å². The van der Waals surface area contributed by atoms with Crippen molar-refractivity contribution < 1.29 is 9.52 Å². The minimum atomic E-state index is -0.527. The molecule has 76 valence electrons. The smallest absolute Gasteiger partial charge is 0.339 e. The first-order valence-electron chi connectivity index (χ1n) is 4.61. The molecule has 0 saturated carbocycles. The third kappa shape index (κ3) is 2.47. The van der Waals surface area contributed by atoms with E-state index >= 15 is 0 Å². The Bertz CT molecular complexity index is 500. The fourth-order valence-corrected chi connectivity index (χ4v) is 1.40. The van der Waals surface area contributed by atoms with Gasteiger partial charge in [-0.25, -0.2) is 4.79 Å². The molecule has 0 aliphatic rings. The van der Waals surface area contributed by atoms with Crippen molar-refractivity contribution >= 4 is 0 Å². The second-order valence-electron chi connectivity index (χ2n) is 3.26. The van der Waals surface area contributed by atoms with Gasteiger partial charge in [-0.1, -0.05) is 30.3 Å². The van der Waals surface area contributed by atoms with Crippen LogP contribution in [-0.2, 0) is 6.42 Å². The summed E-state index contributed by atoms with van der Waals surface area (Å²) in [7, 11) is 0. The molecule has 3 heteroatoms. The SMILES string of the molecule is O=c1cc(O)cc(Cc2ccccc2)o1. The lowest BCUT2D eigenvalue weighted by molar-refractivity contribution is 0.428. The van der Waals surface area contributed by atoms with Gasteiger partial charge < -0.3 is 9.52 Å². The Labute approximate surface area is 86.6 Å². The van der Waals surface area contributed by atoms with Gasteiger partial charge in [0.25, 0.3) is 0 Å². The molecule has 0 amide bonds. The van der Waals surface area contributed by atoms with Crippen LogP contribution >= 0.6 is 0 Å². The van der Waals surface area contributed by atoms with Gasteiger partial charge >= 0.3 is 5.63 Å². The molecule has 1 heterocycles. The van der Waals surface area contributed by atoms with Crippen LogP contribution in [0.2, 0.25) is 0 Å². The summed E-state index contributed by atoms with van der Waals surface area (Å²) < 4.78 is 4.95. The molecular weight excluding hydrogens is 192 g/mol. The van der Waals surface area contributed by atoms with Crippen LogP contribution in [0.3, 0.4) is 0 Å². The summed E-state index contributed by atoms with van der Waals surface area (Å²) in [5, 5.41) is 9.21. The van der Waals surface area contributed by atoms with Gasteiger partial charge in [-0.2, -0.15) is 0 Å². The molecule has 15 heavy (non-hydrogen) atoms. The summed E-state index contributed by atoms with van der Waals surface area (Å²) in [6.45, 7) is 0. The highest BCUT2D eigenvalue weighted by Gasteiger charge is 2.01. The van der Waals surface area contributed by atoms with Crippen LogP contribution in [0.25, 0.3) is 0 Å². The van der Waals surface area contributed by atoms with Crippen LogP contribution in [0.1, 0.15) is 11.3 Å². The second kappa shape index (κ2) is 4.00. The zero-order chi connectivity index (χ0) is 10.7. The van der Waals surface area contributed by atoms with E-state index < -0.39 is 5.63 Å². The zero-order valence-corrected chi connectivity index (χ0v) is 8.01. The van der Waals surface area contributed by atoms with Gasteiger partial charge in [0.05, 0.1) is 6.07 Å². The molecule has 0 aliphatic heterocycles. The molecule has 2 aromatic rings. The third-order valence-corrected chi connectivity index (χ3v) is 2.03. The summed E-state index contributed by atoms with van der Waals surface area (Å²) in [5.41, 5.74) is 0.507. The van der Waals surface area contributed by atoms with Crippen molar-refractivity contribution in [1.29, 1.82) is 0 Å². The molecule has 0 saturated heterocycles. The Balaban J connectivity index is 2.29. The number of benzene rings is 1. The number of hydrogen-bond donors (Lipinski definition) is 1. The molecule has 1 aromatic heterocycles. The quantitative estimate of drug-likeness (QED) is 0.809. The van der Waals surface area contributed by atoms with Gasteiger partial charge in [-0.15, -0.1) is 0 Å². The van der Waals surface area contributed by atoms with Gasteiger partial charge in [0, 0.05) is 12.5 Å². The van der Waals surface area contributed by atoms with E-state index in [0.717, 1.165) is 11.6 Å². The number of aromatic hydroxyl groups is 1. The molecule has 0 bridgehead atoms. The maximum Gasteiger partial charge on any atom is 0.339 e. The highest BCUT2D eigenvalue weighted by molar-refractivity contribution is 5.24. The van der Waals surface area contributed by atoms with E-state index in [2.05, 4.69) is 0 Å². The largest absolute Gasteiger partial charge is 0.508 e. The highest BCUT2D eigenvalue weighted by Crippen LogP contribution is 2.12. The van der Waals surface area contributed by atoms with Crippen LogP contribution in [0.15, 0.2) is 51.7 Å². The summed E-state index contributed by atoms with van der Waals surface area (Å²) in [6, 6.07) is 12.1. The Morgan fingerprint density at radius 2 is 1.87 bits per heavy atom. The zero-order valence-electron chi connectivity index (χ0n) is 8.01. The van der Waals surface area contributed by atoms with Crippen molar-refractivity contribution in [3.63, 3.8) is 0 Å². The first-order valence-corrected chi connectivity index (χ1v) is 4.61. The summed E-state index contributed by atoms with van der Waals surface area (Å²) in [5.74, 6) is 0.406. The molecular formula is C12H10O3. The molecule has 0 spiro atoms. The highest BCUT2D eigenvalue weighted by atomic mass is 16.4.